The summed E-state index contributed by atoms with van der Waals surface area (Å²) in [5.41, 5.74) is 0.717. The number of benzene rings is 1. The quantitative estimate of drug-likeness (QED) is 0.886. The van der Waals surface area contributed by atoms with E-state index >= 15 is 0 Å². The van der Waals surface area contributed by atoms with Gasteiger partial charge in [-0.2, -0.15) is 0 Å². The van der Waals surface area contributed by atoms with E-state index in [1.165, 1.54) is 6.07 Å². The Balaban J connectivity index is 1.88. The molecule has 2 rings (SSSR count). The number of nitrogens with zero attached hydrogens (tertiary/aromatic N) is 1. The van der Waals surface area contributed by atoms with Crippen molar-refractivity contribution in [2.75, 3.05) is 13.1 Å². The third-order valence-corrected chi connectivity index (χ3v) is 3.95. The fourth-order valence-electron chi connectivity index (χ4n) is 2.76. The second-order valence-corrected chi connectivity index (χ2v) is 7.23. The lowest BCUT2D eigenvalue weighted by molar-refractivity contribution is 0.0187. The van der Waals surface area contributed by atoms with Crippen molar-refractivity contribution in [3.8, 4) is 0 Å². The molecule has 1 aromatic rings. The van der Waals surface area contributed by atoms with E-state index in [1.807, 2.05) is 20.8 Å². The van der Waals surface area contributed by atoms with Gasteiger partial charge in [-0.1, -0.05) is 6.07 Å². The van der Waals surface area contributed by atoms with E-state index in [-0.39, 0.29) is 18.7 Å². The van der Waals surface area contributed by atoms with Crippen LogP contribution in [0.5, 0.6) is 0 Å². The Bertz CT molecular complexity index is 572. The smallest absolute Gasteiger partial charge is 0.410 e. The van der Waals surface area contributed by atoms with Crippen LogP contribution < -0.4 is 5.32 Å². The minimum Gasteiger partial charge on any atom is -0.444 e. The van der Waals surface area contributed by atoms with E-state index in [2.05, 4.69) is 5.32 Å². The minimum atomic E-state index is -0.494. The summed E-state index contributed by atoms with van der Waals surface area (Å²) in [6.45, 7) is 7.14. The molecule has 1 aliphatic rings. The third kappa shape index (κ3) is 5.46. The molecule has 0 saturated carbocycles. The molecule has 0 spiro atoms. The SMILES string of the molecule is CC(C)(C)OC(=O)N1CCC[C@H](NCc2ccc(F)c(CO)c2)C1. The molecule has 0 aliphatic carbocycles. The molecule has 1 heterocycles. The molecule has 0 unspecified atom stereocenters. The predicted octanol–water partition coefficient (Wildman–Crippen LogP) is 2.81. The molecule has 134 valence electrons. The fourth-order valence-corrected chi connectivity index (χ4v) is 2.76. The molecule has 5 nitrogen and oxygen atoms in total. The molecule has 0 aromatic heterocycles. The van der Waals surface area contributed by atoms with Gasteiger partial charge in [-0.3, -0.25) is 0 Å². The Morgan fingerprint density at radius 2 is 2.21 bits per heavy atom. The molecular formula is C18H27FN2O3. The zero-order valence-corrected chi connectivity index (χ0v) is 14.6. The van der Waals surface area contributed by atoms with Gasteiger partial charge in [-0.05, 0) is 51.3 Å². The van der Waals surface area contributed by atoms with Gasteiger partial charge in [0.25, 0.3) is 0 Å². The van der Waals surface area contributed by atoms with Gasteiger partial charge in [0.1, 0.15) is 11.4 Å². The van der Waals surface area contributed by atoms with Gasteiger partial charge in [0.2, 0.25) is 0 Å². The summed E-state index contributed by atoms with van der Waals surface area (Å²) in [5, 5.41) is 12.5. The van der Waals surface area contributed by atoms with E-state index in [1.54, 1.807) is 17.0 Å². The third-order valence-electron chi connectivity index (χ3n) is 3.95. The number of aliphatic hydroxyl groups excluding tert-OH is 1. The first-order valence-electron chi connectivity index (χ1n) is 8.38. The van der Waals surface area contributed by atoms with E-state index < -0.39 is 11.4 Å². The lowest BCUT2D eigenvalue weighted by Crippen LogP contribution is -2.49. The summed E-state index contributed by atoms with van der Waals surface area (Å²) in [6.07, 6.45) is 1.62. The van der Waals surface area contributed by atoms with Gasteiger partial charge in [0, 0.05) is 31.2 Å². The molecular weight excluding hydrogens is 311 g/mol. The number of hydrogen-bond acceptors (Lipinski definition) is 4. The first kappa shape index (κ1) is 18.7. The molecule has 6 heteroatoms. The number of ether oxygens (including phenoxy) is 1. The zero-order chi connectivity index (χ0) is 17.7. The number of hydrogen-bond donors (Lipinski definition) is 2. The van der Waals surface area contributed by atoms with E-state index in [4.69, 9.17) is 9.84 Å². The average molecular weight is 338 g/mol. The van der Waals surface area contributed by atoms with Gasteiger partial charge in [-0.25, -0.2) is 9.18 Å². The molecule has 1 amide bonds. The van der Waals surface area contributed by atoms with Crippen molar-refractivity contribution in [1.82, 2.24) is 10.2 Å². The highest BCUT2D eigenvalue weighted by Gasteiger charge is 2.27. The Morgan fingerprint density at radius 3 is 2.88 bits per heavy atom. The predicted molar refractivity (Wildman–Crippen MR) is 90.0 cm³/mol. The number of carbonyl (C=O) groups is 1. The minimum absolute atomic E-state index is 0.175. The molecule has 1 saturated heterocycles. The van der Waals surface area contributed by atoms with Crippen molar-refractivity contribution < 1.29 is 19.0 Å². The van der Waals surface area contributed by atoms with Gasteiger partial charge in [0.15, 0.2) is 0 Å². The van der Waals surface area contributed by atoms with Gasteiger partial charge >= 0.3 is 6.09 Å². The molecule has 1 atom stereocenters. The van der Waals surface area contributed by atoms with Crippen LogP contribution in [0.3, 0.4) is 0 Å². The van der Waals surface area contributed by atoms with Crippen LogP contribution in [0, 0.1) is 5.82 Å². The van der Waals surface area contributed by atoms with Crippen LogP contribution in [0.4, 0.5) is 9.18 Å². The van der Waals surface area contributed by atoms with Crippen LogP contribution in [0.25, 0.3) is 0 Å². The number of amides is 1. The highest BCUT2D eigenvalue weighted by atomic mass is 19.1. The molecule has 24 heavy (non-hydrogen) atoms. The van der Waals surface area contributed by atoms with Crippen LogP contribution in [0.2, 0.25) is 0 Å². The highest BCUT2D eigenvalue weighted by Crippen LogP contribution is 2.16. The lowest BCUT2D eigenvalue weighted by atomic mass is 10.0. The largest absolute Gasteiger partial charge is 0.444 e. The fraction of sp³-hybridized carbons (Fsp3) is 0.611. The number of carbonyl (C=O) groups excluding carboxylic acids is 1. The second kappa shape index (κ2) is 7.94. The number of likely N-dealkylation sites (tertiary alicyclic amines) is 1. The summed E-state index contributed by atoms with van der Waals surface area (Å²) in [5.74, 6) is -0.394. The van der Waals surface area contributed by atoms with Crippen molar-refractivity contribution in [3.63, 3.8) is 0 Å². The monoisotopic (exact) mass is 338 g/mol. The van der Waals surface area contributed by atoms with Crippen molar-refractivity contribution in [3.05, 3.63) is 35.1 Å². The maximum absolute atomic E-state index is 13.4. The van der Waals surface area contributed by atoms with Crippen LogP contribution >= 0.6 is 0 Å². The van der Waals surface area contributed by atoms with E-state index in [0.717, 1.165) is 18.4 Å². The normalized spacial score (nSPS) is 18.5. The first-order valence-corrected chi connectivity index (χ1v) is 8.38. The Kier molecular flexibility index (Phi) is 6.18. The molecule has 1 aromatic carbocycles. The molecule has 2 N–H and O–H groups in total. The highest BCUT2D eigenvalue weighted by molar-refractivity contribution is 5.68. The summed E-state index contributed by atoms with van der Waals surface area (Å²) < 4.78 is 18.8. The van der Waals surface area contributed by atoms with Crippen molar-refractivity contribution in [1.29, 1.82) is 0 Å². The summed E-state index contributed by atoms with van der Waals surface area (Å²) in [7, 11) is 0. The number of halogens is 1. The maximum Gasteiger partial charge on any atom is 0.410 e. The van der Waals surface area contributed by atoms with E-state index in [0.29, 0.717) is 25.2 Å². The molecule has 0 radical (unpaired) electrons. The molecule has 0 bridgehead atoms. The van der Waals surface area contributed by atoms with Gasteiger partial charge < -0.3 is 20.1 Å². The molecule has 1 fully saturated rings. The zero-order valence-electron chi connectivity index (χ0n) is 14.6. The van der Waals surface area contributed by atoms with Crippen LogP contribution in [0.1, 0.15) is 44.7 Å². The number of aliphatic hydroxyl groups is 1. The van der Waals surface area contributed by atoms with Gasteiger partial charge in [-0.15, -0.1) is 0 Å². The summed E-state index contributed by atoms with van der Waals surface area (Å²) in [6, 6.07) is 4.91. The topological polar surface area (TPSA) is 61.8 Å². The van der Waals surface area contributed by atoms with Gasteiger partial charge in [0.05, 0.1) is 6.61 Å². The van der Waals surface area contributed by atoms with Crippen molar-refractivity contribution >= 4 is 6.09 Å². The lowest BCUT2D eigenvalue weighted by Gasteiger charge is -2.34. The standard InChI is InChI=1S/C18H27FN2O3/c1-18(2,3)24-17(23)21-8-4-5-15(11-21)20-10-13-6-7-16(19)14(9-13)12-22/h6-7,9,15,20,22H,4-5,8,10-12H2,1-3H3/t15-/m0/s1. The van der Waals surface area contributed by atoms with Crippen molar-refractivity contribution in [2.24, 2.45) is 0 Å². The summed E-state index contributed by atoms with van der Waals surface area (Å²) >= 11 is 0. The first-order chi connectivity index (χ1) is 11.3. The number of nitrogens with one attached hydrogen (secondary N) is 1. The number of piperidine rings is 1. The molecule has 1 aliphatic heterocycles. The summed E-state index contributed by atoms with van der Waals surface area (Å²) in [4.78, 5) is 13.9. The van der Waals surface area contributed by atoms with Crippen LogP contribution in [0.15, 0.2) is 18.2 Å². The Hall–Kier alpha value is -1.66. The Morgan fingerprint density at radius 1 is 1.46 bits per heavy atom. The number of rotatable bonds is 4. The van der Waals surface area contributed by atoms with E-state index in [9.17, 15) is 9.18 Å². The average Bonchev–Trinajstić information content (AvgIpc) is 2.53. The Labute approximate surface area is 142 Å². The van der Waals surface area contributed by atoms with Crippen LogP contribution in [-0.2, 0) is 17.9 Å². The maximum atomic E-state index is 13.4. The van der Waals surface area contributed by atoms with Crippen molar-refractivity contribution in [2.45, 2.75) is 58.4 Å². The second-order valence-electron chi connectivity index (χ2n) is 7.23. The van der Waals surface area contributed by atoms with Crippen LogP contribution in [-0.4, -0.2) is 40.8 Å².